The molecule has 0 aliphatic carbocycles. The number of hydrogen-bond acceptors (Lipinski definition) is 5. The third-order valence-electron chi connectivity index (χ3n) is 2.63. The lowest BCUT2D eigenvalue weighted by Crippen LogP contribution is -1.88. The van der Waals surface area contributed by atoms with Crippen molar-refractivity contribution in [2.24, 2.45) is 0 Å². The smallest absolute Gasteiger partial charge is 0.258 e. The average Bonchev–Trinajstić information content (AvgIpc) is 2.92. The topological polar surface area (TPSA) is 77.8 Å². The Morgan fingerprint density at radius 3 is 2.75 bits per heavy atom. The molecule has 0 saturated carbocycles. The van der Waals surface area contributed by atoms with E-state index in [1.165, 1.54) is 12.1 Å². The highest BCUT2D eigenvalue weighted by atomic mass is 35.5. The molecular weight excluding hydrogens is 283 g/mol. The van der Waals surface area contributed by atoms with Crippen molar-refractivity contribution in [3.05, 3.63) is 47.4 Å². The van der Waals surface area contributed by atoms with Crippen molar-refractivity contribution < 1.29 is 8.91 Å². The van der Waals surface area contributed by atoms with Gasteiger partial charge in [-0.2, -0.15) is 4.98 Å². The summed E-state index contributed by atoms with van der Waals surface area (Å²) in [6.45, 7) is 0. The molecule has 0 saturated heterocycles. The average molecular weight is 291 g/mol. The number of hydrogen-bond donors (Lipinski definition) is 1. The second-order valence-corrected chi connectivity index (χ2v) is 4.43. The Labute approximate surface area is 118 Å². The van der Waals surface area contributed by atoms with E-state index in [2.05, 4.69) is 15.1 Å². The molecule has 0 fully saturated rings. The van der Waals surface area contributed by atoms with Gasteiger partial charge in [0, 0.05) is 5.56 Å². The molecule has 0 aliphatic heterocycles. The van der Waals surface area contributed by atoms with Crippen LogP contribution in [-0.4, -0.2) is 15.1 Å². The van der Waals surface area contributed by atoms with Crippen molar-refractivity contribution in [2.75, 3.05) is 5.73 Å². The van der Waals surface area contributed by atoms with Crippen LogP contribution in [0.3, 0.4) is 0 Å². The maximum Gasteiger partial charge on any atom is 0.258 e. The van der Waals surface area contributed by atoms with E-state index in [0.717, 1.165) is 6.20 Å². The summed E-state index contributed by atoms with van der Waals surface area (Å²) in [5.41, 5.74) is 7.16. The molecular formula is C13H8ClFN4O. The quantitative estimate of drug-likeness (QED) is 0.733. The van der Waals surface area contributed by atoms with Gasteiger partial charge in [-0.05, 0) is 30.3 Å². The minimum absolute atomic E-state index is 0.271. The molecule has 0 amide bonds. The van der Waals surface area contributed by atoms with Crippen molar-refractivity contribution in [2.45, 2.75) is 0 Å². The van der Waals surface area contributed by atoms with Gasteiger partial charge in [-0.25, -0.2) is 9.37 Å². The molecule has 1 aromatic carbocycles. The Kier molecular flexibility index (Phi) is 3.08. The zero-order valence-electron chi connectivity index (χ0n) is 10.0. The van der Waals surface area contributed by atoms with Crippen LogP contribution in [0.2, 0.25) is 5.02 Å². The van der Waals surface area contributed by atoms with Gasteiger partial charge < -0.3 is 10.3 Å². The van der Waals surface area contributed by atoms with Crippen molar-refractivity contribution in [1.82, 2.24) is 15.1 Å². The van der Waals surface area contributed by atoms with Crippen LogP contribution in [0.4, 0.5) is 10.1 Å². The SMILES string of the molecule is Nc1ccc(-c2nc(-c3ccc(F)cn3)no2)cc1Cl. The molecule has 0 aliphatic rings. The first kappa shape index (κ1) is 12.6. The second kappa shape index (κ2) is 4.90. The summed E-state index contributed by atoms with van der Waals surface area (Å²) in [7, 11) is 0. The van der Waals surface area contributed by atoms with Crippen LogP contribution in [0.5, 0.6) is 0 Å². The van der Waals surface area contributed by atoms with Gasteiger partial charge in [0.2, 0.25) is 5.82 Å². The van der Waals surface area contributed by atoms with Gasteiger partial charge in [0.25, 0.3) is 5.89 Å². The van der Waals surface area contributed by atoms with E-state index in [0.29, 0.717) is 22.0 Å². The molecule has 5 nitrogen and oxygen atoms in total. The van der Waals surface area contributed by atoms with Crippen LogP contribution >= 0.6 is 11.6 Å². The third-order valence-corrected chi connectivity index (χ3v) is 2.96. The number of nitrogens with zero attached hydrogens (tertiary/aromatic N) is 3. The first-order valence-corrected chi connectivity index (χ1v) is 6.02. The Hall–Kier alpha value is -2.47. The molecule has 100 valence electrons. The van der Waals surface area contributed by atoms with Gasteiger partial charge >= 0.3 is 0 Å². The predicted molar refractivity (Wildman–Crippen MR) is 72.3 cm³/mol. The maximum absolute atomic E-state index is 12.8. The van der Waals surface area contributed by atoms with E-state index in [1.54, 1.807) is 18.2 Å². The van der Waals surface area contributed by atoms with E-state index in [4.69, 9.17) is 21.9 Å². The van der Waals surface area contributed by atoms with Gasteiger partial charge in [-0.15, -0.1) is 0 Å². The zero-order valence-corrected chi connectivity index (χ0v) is 10.8. The number of anilines is 1. The number of nitrogen functional groups attached to an aromatic ring is 1. The minimum Gasteiger partial charge on any atom is -0.398 e. The molecule has 3 aromatic rings. The molecule has 7 heteroatoms. The Morgan fingerprint density at radius 1 is 1.20 bits per heavy atom. The summed E-state index contributed by atoms with van der Waals surface area (Å²) in [5.74, 6) is 0.128. The molecule has 2 aromatic heterocycles. The molecule has 0 unspecified atom stereocenters. The fraction of sp³-hybridized carbons (Fsp3) is 0. The van der Waals surface area contributed by atoms with Gasteiger partial charge in [-0.3, -0.25) is 0 Å². The molecule has 0 atom stereocenters. The summed E-state index contributed by atoms with van der Waals surface area (Å²) in [4.78, 5) is 8.07. The summed E-state index contributed by atoms with van der Waals surface area (Å²) in [6.07, 6.45) is 1.09. The first-order chi connectivity index (χ1) is 9.63. The lowest BCUT2D eigenvalue weighted by atomic mass is 10.2. The van der Waals surface area contributed by atoms with Crippen molar-refractivity contribution in [3.8, 4) is 23.0 Å². The Morgan fingerprint density at radius 2 is 2.05 bits per heavy atom. The largest absolute Gasteiger partial charge is 0.398 e. The van der Waals surface area contributed by atoms with Gasteiger partial charge in [0.1, 0.15) is 11.5 Å². The third kappa shape index (κ3) is 2.33. The van der Waals surface area contributed by atoms with Crippen molar-refractivity contribution in [3.63, 3.8) is 0 Å². The van der Waals surface area contributed by atoms with Crippen molar-refractivity contribution >= 4 is 17.3 Å². The zero-order chi connectivity index (χ0) is 14.1. The van der Waals surface area contributed by atoms with Crippen LogP contribution < -0.4 is 5.73 Å². The summed E-state index contributed by atoms with van der Waals surface area (Å²) in [5, 5.41) is 4.20. The number of aromatic nitrogens is 3. The lowest BCUT2D eigenvalue weighted by molar-refractivity contribution is 0.432. The maximum atomic E-state index is 12.8. The molecule has 2 N–H and O–H groups in total. The molecule has 0 bridgehead atoms. The fourth-order valence-electron chi connectivity index (χ4n) is 1.61. The van der Waals surface area contributed by atoms with Gasteiger partial charge in [0.05, 0.1) is 16.9 Å². The monoisotopic (exact) mass is 290 g/mol. The number of pyridine rings is 1. The van der Waals surface area contributed by atoms with Crippen LogP contribution in [0.1, 0.15) is 0 Å². The Bertz CT molecular complexity index is 757. The number of nitrogens with two attached hydrogens (primary N) is 1. The molecule has 20 heavy (non-hydrogen) atoms. The van der Waals surface area contributed by atoms with Crippen LogP contribution in [0, 0.1) is 5.82 Å². The lowest BCUT2D eigenvalue weighted by Gasteiger charge is -1.98. The normalized spacial score (nSPS) is 10.7. The summed E-state index contributed by atoms with van der Waals surface area (Å²) >= 11 is 5.94. The molecule has 0 radical (unpaired) electrons. The van der Waals surface area contributed by atoms with E-state index >= 15 is 0 Å². The van der Waals surface area contributed by atoms with E-state index in [9.17, 15) is 4.39 Å². The highest BCUT2D eigenvalue weighted by molar-refractivity contribution is 6.33. The summed E-state index contributed by atoms with van der Waals surface area (Å²) in [6, 6.07) is 7.75. The van der Waals surface area contributed by atoms with Crippen LogP contribution in [-0.2, 0) is 0 Å². The number of halogens is 2. The van der Waals surface area contributed by atoms with Crippen LogP contribution in [0.25, 0.3) is 23.0 Å². The van der Waals surface area contributed by atoms with Crippen molar-refractivity contribution in [1.29, 1.82) is 0 Å². The molecule has 2 heterocycles. The first-order valence-electron chi connectivity index (χ1n) is 5.64. The second-order valence-electron chi connectivity index (χ2n) is 4.02. The molecule has 3 rings (SSSR count). The van der Waals surface area contributed by atoms with Crippen LogP contribution in [0.15, 0.2) is 41.1 Å². The summed E-state index contributed by atoms with van der Waals surface area (Å²) < 4.78 is 17.9. The van der Waals surface area contributed by atoms with E-state index in [1.807, 2.05) is 0 Å². The van der Waals surface area contributed by atoms with E-state index < -0.39 is 5.82 Å². The van der Waals surface area contributed by atoms with Gasteiger partial charge in [0.15, 0.2) is 0 Å². The Balaban J connectivity index is 1.97. The predicted octanol–water partition coefficient (Wildman–Crippen LogP) is 3.17. The van der Waals surface area contributed by atoms with Gasteiger partial charge in [-0.1, -0.05) is 16.8 Å². The minimum atomic E-state index is -0.428. The number of benzene rings is 1. The highest BCUT2D eigenvalue weighted by Crippen LogP contribution is 2.27. The molecule has 0 spiro atoms. The number of rotatable bonds is 2. The van der Waals surface area contributed by atoms with E-state index in [-0.39, 0.29) is 11.7 Å². The highest BCUT2D eigenvalue weighted by Gasteiger charge is 2.12. The standard InChI is InChI=1S/C13H8ClFN4O/c14-9-5-7(1-3-10(9)16)13-18-12(19-20-13)11-4-2-8(15)6-17-11/h1-6H,16H2. The fourth-order valence-corrected chi connectivity index (χ4v) is 1.79.